The molecule has 0 amide bonds. The Labute approximate surface area is 70.9 Å². The standard InChI is InChI=1S/C8H4BrFO/c9-6-2-1-3-7-5(6)4-8(10)11-7/h1-4H. The van der Waals surface area contributed by atoms with Crippen LogP contribution < -0.4 is 0 Å². The van der Waals surface area contributed by atoms with Crippen molar-refractivity contribution in [2.75, 3.05) is 0 Å². The average molecular weight is 215 g/mol. The monoisotopic (exact) mass is 214 g/mol. The van der Waals surface area contributed by atoms with Crippen LogP contribution >= 0.6 is 15.9 Å². The Hall–Kier alpha value is -0.830. The number of halogens is 2. The average Bonchev–Trinajstić information content (AvgIpc) is 2.31. The molecule has 0 unspecified atom stereocenters. The molecule has 0 aliphatic rings. The molecule has 2 rings (SSSR count). The zero-order valence-electron chi connectivity index (χ0n) is 5.47. The molecule has 0 bridgehead atoms. The van der Waals surface area contributed by atoms with E-state index in [2.05, 4.69) is 15.9 Å². The van der Waals surface area contributed by atoms with Gasteiger partial charge in [0.1, 0.15) is 5.58 Å². The first-order chi connectivity index (χ1) is 5.27. The zero-order chi connectivity index (χ0) is 7.84. The van der Waals surface area contributed by atoms with Gasteiger partial charge in [-0.3, -0.25) is 0 Å². The molecule has 11 heavy (non-hydrogen) atoms. The van der Waals surface area contributed by atoms with Crippen molar-refractivity contribution in [2.45, 2.75) is 0 Å². The van der Waals surface area contributed by atoms with Crippen LogP contribution in [0.15, 0.2) is 33.2 Å². The van der Waals surface area contributed by atoms with Crippen molar-refractivity contribution in [1.29, 1.82) is 0 Å². The van der Waals surface area contributed by atoms with Crippen LogP contribution in [0.5, 0.6) is 0 Å². The van der Waals surface area contributed by atoms with E-state index < -0.39 is 6.01 Å². The lowest BCUT2D eigenvalue weighted by atomic mass is 10.3. The van der Waals surface area contributed by atoms with E-state index in [0.29, 0.717) is 5.58 Å². The predicted octanol–water partition coefficient (Wildman–Crippen LogP) is 3.33. The summed E-state index contributed by atoms with van der Waals surface area (Å²) in [6.07, 6.45) is 0. The van der Waals surface area contributed by atoms with Gasteiger partial charge in [0.05, 0.1) is 0 Å². The number of hydrogen-bond acceptors (Lipinski definition) is 1. The van der Waals surface area contributed by atoms with Gasteiger partial charge in [0.2, 0.25) is 0 Å². The summed E-state index contributed by atoms with van der Waals surface area (Å²) in [6, 6.07) is 6.18. The molecular formula is C8H4BrFO. The number of fused-ring (bicyclic) bond motifs is 1. The van der Waals surface area contributed by atoms with Gasteiger partial charge in [-0.2, -0.15) is 4.39 Å². The highest BCUT2D eigenvalue weighted by molar-refractivity contribution is 9.10. The molecule has 0 fully saturated rings. The second-order valence-electron chi connectivity index (χ2n) is 2.20. The number of hydrogen-bond donors (Lipinski definition) is 0. The van der Waals surface area contributed by atoms with Crippen LogP contribution in [-0.2, 0) is 0 Å². The molecule has 56 valence electrons. The van der Waals surface area contributed by atoms with Gasteiger partial charge in [-0.15, -0.1) is 0 Å². The Morgan fingerprint density at radius 2 is 2.18 bits per heavy atom. The molecule has 3 heteroatoms. The highest BCUT2D eigenvalue weighted by Crippen LogP contribution is 2.25. The molecule has 1 aromatic carbocycles. The first-order valence-electron chi connectivity index (χ1n) is 3.11. The maximum atomic E-state index is 12.5. The van der Waals surface area contributed by atoms with E-state index in [1.54, 1.807) is 12.1 Å². The molecule has 0 spiro atoms. The van der Waals surface area contributed by atoms with Crippen molar-refractivity contribution in [1.82, 2.24) is 0 Å². The third-order valence-electron chi connectivity index (χ3n) is 1.48. The van der Waals surface area contributed by atoms with Crippen LogP contribution in [0.4, 0.5) is 4.39 Å². The van der Waals surface area contributed by atoms with Crippen molar-refractivity contribution < 1.29 is 8.81 Å². The van der Waals surface area contributed by atoms with Gasteiger partial charge in [-0.1, -0.05) is 22.0 Å². The fraction of sp³-hybridized carbons (Fsp3) is 0. The van der Waals surface area contributed by atoms with E-state index in [4.69, 9.17) is 4.42 Å². The van der Waals surface area contributed by atoms with E-state index in [0.717, 1.165) is 9.86 Å². The van der Waals surface area contributed by atoms with Gasteiger partial charge in [0.25, 0.3) is 6.01 Å². The molecule has 0 N–H and O–H groups in total. The van der Waals surface area contributed by atoms with Gasteiger partial charge >= 0.3 is 0 Å². The molecule has 0 saturated heterocycles. The van der Waals surface area contributed by atoms with Crippen molar-refractivity contribution in [3.8, 4) is 0 Å². The summed E-state index contributed by atoms with van der Waals surface area (Å²) in [4.78, 5) is 0. The molecule has 0 aliphatic carbocycles. The Morgan fingerprint density at radius 1 is 1.36 bits per heavy atom. The minimum absolute atomic E-state index is 0.549. The SMILES string of the molecule is Fc1cc2c(Br)cccc2o1. The van der Waals surface area contributed by atoms with Crippen LogP contribution in [0.2, 0.25) is 0 Å². The van der Waals surface area contributed by atoms with Crippen LogP contribution in [0.25, 0.3) is 11.0 Å². The zero-order valence-corrected chi connectivity index (χ0v) is 7.06. The molecule has 0 radical (unpaired) electrons. The lowest BCUT2D eigenvalue weighted by Gasteiger charge is -1.88. The van der Waals surface area contributed by atoms with Crippen LogP contribution in [0.3, 0.4) is 0 Å². The Morgan fingerprint density at radius 3 is 2.91 bits per heavy atom. The third-order valence-corrected chi connectivity index (χ3v) is 2.17. The molecule has 0 saturated carbocycles. The Kier molecular flexibility index (Phi) is 1.46. The Bertz CT molecular complexity index is 394. The lowest BCUT2D eigenvalue weighted by Crippen LogP contribution is -1.63. The van der Waals surface area contributed by atoms with Gasteiger partial charge in [-0.25, -0.2) is 0 Å². The van der Waals surface area contributed by atoms with E-state index >= 15 is 0 Å². The van der Waals surface area contributed by atoms with Crippen LogP contribution in [-0.4, -0.2) is 0 Å². The second kappa shape index (κ2) is 2.34. The number of furan rings is 1. The molecule has 0 aliphatic heterocycles. The quantitative estimate of drug-likeness (QED) is 0.656. The minimum Gasteiger partial charge on any atom is -0.431 e. The summed E-state index contributed by atoms with van der Waals surface area (Å²) in [5.41, 5.74) is 0.567. The largest absolute Gasteiger partial charge is 0.431 e. The highest BCUT2D eigenvalue weighted by atomic mass is 79.9. The smallest absolute Gasteiger partial charge is 0.278 e. The maximum Gasteiger partial charge on any atom is 0.278 e. The predicted molar refractivity (Wildman–Crippen MR) is 43.9 cm³/mol. The summed E-state index contributed by atoms with van der Waals surface area (Å²) >= 11 is 3.28. The summed E-state index contributed by atoms with van der Waals surface area (Å²) in [5, 5.41) is 0.769. The first kappa shape index (κ1) is 6.85. The van der Waals surface area contributed by atoms with Gasteiger partial charge < -0.3 is 4.42 Å². The van der Waals surface area contributed by atoms with Crippen molar-refractivity contribution >= 4 is 26.9 Å². The minimum atomic E-state index is -0.549. The maximum absolute atomic E-state index is 12.5. The van der Waals surface area contributed by atoms with Crippen molar-refractivity contribution in [3.63, 3.8) is 0 Å². The van der Waals surface area contributed by atoms with E-state index in [1.165, 1.54) is 6.07 Å². The molecule has 0 atom stereocenters. The third kappa shape index (κ3) is 1.05. The number of benzene rings is 1. The Balaban J connectivity index is 2.90. The summed E-state index contributed by atoms with van der Waals surface area (Å²) < 4.78 is 18.1. The van der Waals surface area contributed by atoms with Gasteiger partial charge in [0, 0.05) is 15.9 Å². The fourth-order valence-electron chi connectivity index (χ4n) is 0.994. The van der Waals surface area contributed by atoms with Gasteiger partial charge in [-0.05, 0) is 12.1 Å². The first-order valence-corrected chi connectivity index (χ1v) is 3.90. The van der Waals surface area contributed by atoms with Crippen molar-refractivity contribution in [2.24, 2.45) is 0 Å². The normalized spacial score (nSPS) is 10.7. The lowest BCUT2D eigenvalue weighted by molar-refractivity contribution is 0.381. The topological polar surface area (TPSA) is 13.1 Å². The van der Waals surface area contributed by atoms with E-state index in [-0.39, 0.29) is 0 Å². The van der Waals surface area contributed by atoms with Crippen LogP contribution in [0.1, 0.15) is 0 Å². The number of rotatable bonds is 0. The highest BCUT2D eigenvalue weighted by Gasteiger charge is 2.03. The van der Waals surface area contributed by atoms with Crippen molar-refractivity contribution in [3.05, 3.63) is 34.8 Å². The molecule has 1 heterocycles. The molecule has 1 nitrogen and oxygen atoms in total. The fourth-order valence-corrected chi connectivity index (χ4v) is 1.46. The van der Waals surface area contributed by atoms with E-state index in [1.807, 2.05) is 6.07 Å². The summed E-state index contributed by atoms with van der Waals surface area (Å²) in [6.45, 7) is 0. The summed E-state index contributed by atoms with van der Waals surface area (Å²) in [7, 11) is 0. The van der Waals surface area contributed by atoms with Crippen LogP contribution in [0, 0.1) is 6.01 Å². The second-order valence-corrected chi connectivity index (χ2v) is 3.06. The van der Waals surface area contributed by atoms with Gasteiger partial charge in [0.15, 0.2) is 0 Å². The molecule has 1 aromatic heterocycles. The summed E-state index contributed by atoms with van der Waals surface area (Å²) in [5.74, 6) is 0. The van der Waals surface area contributed by atoms with E-state index in [9.17, 15) is 4.39 Å². The molecular weight excluding hydrogens is 211 g/mol. The molecule has 2 aromatic rings.